The largest absolute Gasteiger partial charge is 0.494 e. The number of ether oxygens (including phenoxy) is 2. The molecule has 2 aromatic heterocycles. The molecule has 0 N–H and O–H groups in total. The van der Waals surface area contributed by atoms with Crippen LogP contribution in [0.1, 0.15) is 25.3 Å². The highest BCUT2D eigenvalue weighted by molar-refractivity contribution is 9.10. The van der Waals surface area contributed by atoms with E-state index in [1.54, 1.807) is 20.4 Å². The SMILES string of the molecule is COCCn1c(-c2ccc(C(C)C)cc2)nc2c(Br)c(-c3cccnc3)cc(OC)c21. The van der Waals surface area contributed by atoms with Gasteiger partial charge >= 0.3 is 0 Å². The zero-order valence-corrected chi connectivity index (χ0v) is 19.8. The van der Waals surface area contributed by atoms with E-state index in [0.29, 0.717) is 19.1 Å². The van der Waals surface area contributed by atoms with Gasteiger partial charge in [0.15, 0.2) is 0 Å². The van der Waals surface area contributed by atoms with Crippen LogP contribution in [0.25, 0.3) is 33.5 Å². The van der Waals surface area contributed by atoms with Crippen LogP contribution in [0.4, 0.5) is 0 Å². The van der Waals surface area contributed by atoms with E-state index in [2.05, 4.69) is 63.6 Å². The van der Waals surface area contributed by atoms with Gasteiger partial charge in [0.2, 0.25) is 0 Å². The standard InChI is InChI=1S/C25H26BrN3O2/c1-16(2)17-7-9-18(10-8-17)25-28-23-22(26)20(19-6-5-11-27-15-19)14-21(31-4)24(23)29(25)12-13-30-3/h5-11,14-16H,12-13H2,1-4H3. The Morgan fingerprint density at radius 2 is 1.84 bits per heavy atom. The molecule has 0 spiro atoms. The van der Waals surface area contributed by atoms with Crippen molar-refractivity contribution in [3.63, 3.8) is 0 Å². The maximum Gasteiger partial charge on any atom is 0.145 e. The Bertz CT molecular complexity index is 1190. The van der Waals surface area contributed by atoms with Gasteiger partial charge in [-0.15, -0.1) is 0 Å². The Morgan fingerprint density at radius 3 is 2.45 bits per heavy atom. The number of rotatable bonds is 7. The van der Waals surface area contributed by atoms with Crippen LogP contribution in [0.5, 0.6) is 5.75 Å². The van der Waals surface area contributed by atoms with E-state index in [-0.39, 0.29) is 0 Å². The number of fused-ring (bicyclic) bond motifs is 1. The molecule has 4 aromatic rings. The molecule has 0 atom stereocenters. The molecule has 0 fully saturated rings. The molecule has 0 aliphatic heterocycles. The fraction of sp³-hybridized carbons (Fsp3) is 0.280. The summed E-state index contributed by atoms with van der Waals surface area (Å²) in [5, 5.41) is 0. The van der Waals surface area contributed by atoms with E-state index in [1.165, 1.54) is 5.56 Å². The molecule has 0 aliphatic carbocycles. The van der Waals surface area contributed by atoms with Crippen molar-refractivity contribution in [3.8, 4) is 28.3 Å². The minimum Gasteiger partial charge on any atom is -0.494 e. The van der Waals surface area contributed by atoms with Crippen LogP contribution in [0.15, 0.2) is 59.3 Å². The first kappa shape index (κ1) is 21.5. The molecule has 0 bridgehead atoms. The van der Waals surface area contributed by atoms with Crippen LogP contribution in [-0.4, -0.2) is 35.4 Å². The van der Waals surface area contributed by atoms with E-state index < -0.39 is 0 Å². The summed E-state index contributed by atoms with van der Waals surface area (Å²) in [7, 11) is 3.41. The van der Waals surface area contributed by atoms with Gasteiger partial charge in [-0.1, -0.05) is 44.2 Å². The third-order valence-corrected chi connectivity index (χ3v) is 6.27. The average Bonchev–Trinajstić information content (AvgIpc) is 3.19. The Balaban J connectivity index is 1.97. The Hall–Kier alpha value is -2.70. The molecule has 6 heteroatoms. The smallest absolute Gasteiger partial charge is 0.145 e. The summed E-state index contributed by atoms with van der Waals surface area (Å²) in [6, 6.07) is 14.6. The number of methoxy groups -OCH3 is 2. The zero-order chi connectivity index (χ0) is 22.0. The van der Waals surface area contributed by atoms with Crippen molar-refractivity contribution in [2.24, 2.45) is 0 Å². The molecule has 4 rings (SSSR count). The van der Waals surface area contributed by atoms with Crippen LogP contribution in [0, 0.1) is 0 Å². The van der Waals surface area contributed by atoms with Crippen molar-refractivity contribution in [2.75, 3.05) is 20.8 Å². The molecule has 0 saturated heterocycles. The molecule has 0 unspecified atom stereocenters. The summed E-state index contributed by atoms with van der Waals surface area (Å²) < 4.78 is 14.3. The second-order valence-electron chi connectivity index (χ2n) is 7.74. The second kappa shape index (κ2) is 9.20. The van der Waals surface area contributed by atoms with Crippen molar-refractivity contribution in [1.82, 2.24) is 14.5 Å². The van der Waals surface area contributed by atoms with Gasteiger partial charge in [-0.3, -0.25) is 4.98 Å². The van der Waals surface area contributed by atoms with Crippen molar-refractivity contribution in [2.45, 2.75) is 26.3 Å². The minimum absolute atomic E-state index is 0.484. The summed E-state index contributed by atoms with van der Waals surface area (Å²) in [6.45, 7) is 5.65. The van der Waals surface area contributed by atoms with E-state index >= 15 is 0 Å². The summed E-state index contributed by atoms with van der Waals surface area (Å²) in [5.74, 6) is 2.15. The number of aromatic nitrogens is 3. The third kappa shape index (κ3) is 4.10. The molecular weight excluding hydrogens is 454 g/mol. The Morgan fingerprint density at radius 1 is 1.06 bits per heavy atom. The Labute approximate surface area is 191 Å². The van der Waals surface area contributed by atoms with Crippen LogP contribution < -0.4 is 4.74 Å². The maximum absolute atomic E-state index is 5.82. The number of pyridine rings is 1. The predicted molar refractivity (Wildman–Crippen MR) is 129 cm³/mol. The van der Waals surface area contributed by atoms with Crippen LogP contribution >= 0.6 is 15.9 Å². The quantitative estimate of drug-likeness (QED) is 0.311. The average molecular weight is 480 g/mol. The fourth-order valence-corrected chi connectivity index (χ4v) is 4.39. The van der Waals surface area contributed by atoms with E-state index in [0.717, 1.165) is 43.8 Å². The van der Waals surface area contributed by atoms with Gasteiger partial charge in [0.25, 0.3) is 0 Å². The van der Waals surface area contributed by atoms with E-state index in [9.17, 15) is 0 Å². The molecule has 0 aliphatic rings. The van der Waals surface area contributed by atoms with Crippen molar-refractivity contribution in [1.29, 1.82) is 0 Å². The number of benzene rings is 2. The van der Waals surface area contributed by atoms with Crippen LogP contribution in [0.2, 0.25) is 0 Å². The second-order valence-corrected chi connectivity index (χ2v) is 8.53. The molecule has 0 saturated carbocycles. The van der Waals surface area contributed by atoms with Gasteiger partial charge in [-0.2, -0.15) is 0 Å². The first-order valence-corrected chi connectivity index (χ1v) is 11.1. The normalized spacial score (nSPS) is 11.4. The fourth-order valence-electron chi connectivity index (χ4n) is 3.77. The lowest BCUT2D eigenvalue weighted by molar-refractivity contribution is 0.188. The summed E-state index contributed by atoms with van der Waals surface area (Å²) in [5.41, 5.74) is 6.17. The molecule has 2 aromatic carbocycles. The lowest BCUT2D eigenvalue weighted by Gasteiger charge is -2.13. The molecule has 160 valence electrons. The number of halogens is 1. The van der Waals surface area contributed by atoms with Gasteiger partial charge in [0.1, 0.15) is 22.6 Å². The van der Waals surface area contributed by atoms with Crippen molar-refractivity contribution < 1.29 is 9.47 Å². The molecular formula is C25H26BrN3O2. The number of hydrogen-bond donors (Lipinski definition) is 0. The molecule has 5 nitrogen and oxygen atoms in total. The van der Waals surface area contributed by atoms with Crippen molar-refractivity contribution in [3.05, 3.63) is 64.9 Å². The van der Waals surface area contributed by atoms with Gasteiger partial charge in [-0.05, 0) is 39.5 Å². The molecule has 0 amide bonds. The van der Waals surface area contributed by atoms with Gasteiger partial charge < -0.3 is 14.0 Å². The van der Waals surface area contributed by atoms with Gasteiger partial charge in [0, 0.05) is 42.7 Å². The molecule has 2 heterocycles. The summed E-state index contributed by atoms with van der Waals surface area (Å²) >= 11 is 3.81. The first-order chi connectivity index (χ1) is 15.0. The lowest BCUT2D eigenvalue weighted by Crippen LogP contribution is -2.07. The van der Waals surface area contributed by atoms with Gasteiger partial charge in [-0.25, -0.2) is 4.98 Å². The van der Waals surface area contributed by atoms with Crippen LogP contribution in [-0.2, 0) is 11.3 Å². The minimum atomic E-state index is 0.484. The van der Waals surface area contributed by atoms with Crippen molar-refractivity contribution >= 4 is 27.0 Å². The summed E-state index contributed by atoms with van der Waals surface area (Å²) in [6.07, 6.45) is 3.62. The highest BCUT2D eigenvalue weighted by atomic mass is 79.9. The van der Waals surface area contributed by atoms with Gasteiger partial charge in [0.05, 0.1) is 18.2 Å². The number of nitrogens with zero attached hydrogens (tertiary/aromatic N) is 3. The monoisotopic (exact) mass is 479 g/mol. The summed E-state index contributed by atoms with van der Waals surface area (Å²) in [4.78, 5) is 9.33. The predicted octanol–water partition coefficient (Wildman–Crippen LogP) is 6.31. The maximum atomic E-state index is 5.82. The third-order valence-electron chi connectivity index (χ3n) is 5.47. The van der Waals surface area contributed by atoms with E-state index in [1.807, 2.05) is 24.4 Å². The molecule has 31 heavy (non-hydrogen) atoms. The first-order valence-electron chi connectivity index (χ1n) is 10.3. The topological polar surface area (TPSA) is 49.2 Å². The number of hydrogen-bond acceptors (Lipinski definition) is 4. The highest BCUT2D eigenvalue weighted by Gasteiger charge is 2.22. The number of imidazole rings is 1. The highest BCUT2D eigenvalue weighted by Crippen LogP contribution is 2.41. The van der Waals surface area contributed by atoms with E-state index in [4.69, 9.17) is 14.5 Å². The lowest BCUT2D eigenvalue weighted by atomic mass is 10.0. The molecule has 0 radical (unpaired) electrons. The Kier molecular flexibility index (Phi) is 6.39. The van der Waals surface area contributed by atoms with Crippen LogP contribution in [0.3, 0.4) is 0 Å². The zero-order valence-electron chi connectivity index (χ0n) is 18.2.